The van der Waals surface area contributed by atoms with Crippen molar-refractivity contribution in [1.29, 1.82) is 0 Å². The lowest BCUT2D eigenvalue weighted by Crippen LogP contribution is -2.39. The lowest BCUT2D eigenvalue weighted by molar-refractivity contribution is 0.102. The van der Waals surface area contributed by atoms with Crippen molar-refractivity contribution in [2.24, 2.45) is 0 Å². The van der Waals surface area contributed by atoms with Gasteiger partial charge in [-0.3, -0.25) is 4.79 Å². The number of rotatable bonds is 4. The smallest absolute Gasteiger partial charge is 0.173 e. The van der Waals surface area contributed by atoms with Crippen LogP contribution >= 0.6 is 24.0 Å². The number of imidazole rings is 1. The molecular weight excluding hydrogens is 352 g/mol. The molecule has 0 atom stereocenters. The number of H-pyrrole nitrogens is 1. The Labute approximate surface area is 157 Å². The zero-order chi connectivity index (χ0) is 18.3. The normalized spacial score (nSPS) is 14.1. The van der Waals surface area contributed by atoms with Crippen molar-refractivity contribution in [2.45, 2.75) is 19.0 Å². The number of hydrogen-bond donors (Lipinski definition) is 1. The van der Waals surface area contributed by atoms with Crippen LogP contribution in [0.1, 0.15) is 27.2 Å². The maximum Gasteiger partial charge on any atom is 0.173 e. The highest BCUT2D eigenvalue weighted by Crippen LogP contribution is 2.31. The summed E-state index contributed by atoms with van der Waals surface area (Å²) in [6.07, 6.45) is 0. The molecule has 1 aromatic carbocycles. The number of ketones is 1. The quantitative estimate of drug-likeness (QED) is 0.503. The minimum absolute atomic E-state index is 0.0920. The van der Waals surface area contributed by atoms with E-state index in [0.29, 0.717) is 15.9 Å². The van der Waals surface area contributed by atoms with E-state index < -0.39 is 0 Å². The van der Waals surface area contributed by atoms with Gasteiger partial charge in [0.1, 0.15) is 16.5 Å². The number of carbonyl (C=O) groups excluding carboxylic acids is 1. The maximum atomic E-state index is 12.5. The Morgan fingerprint density at radius 1 is 1.32 bits per heavy atom. The highest BCUT2D eigenvalue weighted by atomic mass is 32.2. The summed E-state index contributed by atoms with van der Waals surface area (Å²) in [5.74, 6) is 1.93. The van der Waals surface area contributed by atoms with Crippen molar-refractivity contribution in [3.8, 4) is 0 Å². The van der Waals surface area contributed by atoms with Crippen molar-refractivity contribution in [3.63, 3.8) is 0 Å². The Kier molecular flexibility index (Phi) is 4.71. The third-order valence-corrected chi connectivity index (χ3v) is 5.65. The molecule has 3 rings (SSSR count). The summed E-state index contributed by atoms with van der Waals surface area (Å²) in [7, 11) is 3.77. The summed E-state index contributed by atoms with van der Waals surface area (Å²) in [6, 6.07) is 5.88. The molecular formula is C18H20N4OS2. The second-order valence-electron chi connectivity index (χ2n) is 6.11. The Morgan fingerprint density at radius 2 is 2.04 bits per heavy atom. The highest BCUT2D eigenvalue weighted by molar-refractivity contribution is 7.99. The molecule has 1 aromatic heterocycles. The number of carbonyl (C=O) groups is 1. The second-order valence-corrected chi connectivity index (χ2v) is 7.46. The highest BCUT2D eigenvalue weighted by Gasteiger charge is 2.29. The fourth-order valence-corrected chi connectivity index (χ4v) is 3.77. The summed E-state index contributed by atoms with van der Waals surface area (Å²) in [4.78, 5) is 24.7. The van der Waals surface area contributed by atoms with Crippen LogP contribution in [0.25, 0.3) is 0 Å². The summed E-state index contributed by atoms with van der Waals surface area (Å²) in [5, 5.41) is 0.681. The van der Waals surface area contributed by atoms with E-state index in [1.165, 1.54) is 11.8 Å². The SMILES string of the molecule is C=C1N(C)C(=S)c2[nH]c(SCC(=O)c3ccc(C)cc3C)nc2N1C. The summed E-state index contributed by atoms with van der Waals surface area (Å²) >= 11 is 6.84. The number of nitrogens with zero attached hydrogens (tertiary/aromatic N) is 3. The van der Waals surface area contributed by atoms with Crippen LogP contribution in [0, 0.1) is 13.8 Å². The van der Waals surface area contributed by atoms with E-state index in [2.05, 4.69) is 16.5 Å². The Balaban J connectivity index is 1.77. The van der Waals surface area contributed by atoms with Gasteiger partial charge in [0.25, 0.3) is 0 Å². The molecule has 130 valence electrons. The van der Waals surface area contributed by atoms with Crippen LogP contribution in [-0.4, -0.2) is 45.5 Å². The zero-order valence-electron chi connectivity index (χ0n) is 14.7. The third kappa shape index (κ3) is 3.21. The molecule has 1 N–H and O–H groups in total. The molecule has 0 fully saturated rings. The van der Waals surface area contributed by atoms with Crippen molar-refractivity contribution in [2.75, 3.05) is 24.7 Å². The molecule has 0 amide bonds. The van der Waals surface area contributed by atoms with Gasteiger partial charge < -0.3 is 14.8 Å². The summed E-state index contributed by atoms with van der Waals surface area (Å²) in [5.41, 5.74) is 3.70. The van der Waals surface area contributed by atoms with Crippen LogP contribution in [0.5, 0.6) is 0 Å². The first-order valence-corrected chi connectivity index (χ1v) is 9.23. The predicted octanol–water partition coefficient (Wildman–Crippen LogP) is 3.53. The van der Waals surface area contributed by atoms with Crippen LogP contribution in [-0.2, 0) is 0 Å². The molecule has 0 saturated heterocycles. The molecule has 0 aliphatic carbocycles. The molecule has 25 heavy (non-hydrogen) atoms. The number of benzene rings is 1. The summed E-state index contributed by atoms with van der Waals surface area (Å²) < 4.78 is 0. The molecule has 5 nitrogen and oxygen atoms in total. The molecule has 0 unspecified atom stereocenters. The van der Waals surface area contributed by atoms with Crippen LogP contribution in [0.3, 0.4) is 0 Å². The number of anilines is 1. The molecule has 0 spiro atoms. The van der Waals surface area contributed by atoms with Gasteiger partial charge in [0.05, 0.1) is 5.75 Å². The molecule has 0 radical (unpaired) electrons. The van der Waals surface area contributed by atoms with E-state index in [0.717, 1.165) is 34.0 Å². The molecule has 1 aliphatic rings. The number of Topliss-reactive ketones (excluding diaryl/α,β-unsaturated/α-hetero) is 1. The average Bonchev–Trinajstić information content (AvgIpc) is 3.00. The minimum Gasteiger partial charge on any atom is -0.329 e. The van der Waals surface area contributed by atoms with Gasteiger partial charge in [-0.2, -0.15) is 0 Å². The fourth-order valence-electron chi connectivity index (χ4n) is 2.77. The first-order chi connectivity index (χ1) is 11.8. The Bertz CT molecular complexity index is 887. The van der Waals surface area contributed by atoms with Gasteiger partial charge in [-0.1, -0.05) is 54.3 Å². The van der Waals surface area contributed by atoms with E-state index in [-0.39, 0.29) is 5.78 Å². The first kappa shape index (κ1) is 17.7. The number of nitrogens with one attached hydrogen (secondary N) is 1. The Hall–Kier alpha value is -2.12. The van der Waals surface area contributed by atoms with Gasteiger partial charge >= 0.3 is 0 Å². The number of aryl methyl sites for hydroxylation is 2. The first-order valence-electron chi connectivity index (χ1n) is 7.83. The van der Waals surface area contributed by atoms with Gasteiger partial charge in [0, 0.05) is 19.7 Å². The van der Waals surface area contributed by atoms with Crippen LogP contribution < -0.4 is 4.90 Å². The van der Waals surface area contributed by atoms with Gasteiger partial charge in [-0.05, 0) is 19.4 Å². The number of thioether (sulfide) groups is 1. The van der Waals surface area contributed by atoms with Crippen LogP contribution in [0.2, 0.25) is 0 Å². The predicted molar refractivity (Wildman–Crippen MR) is 107 cm³/mol. The minimum atomic E-state index is 0.0920. The van der Waals surface area contributed by atoms with Crippen molar-refractivity contribution in [3.05, 3.63) is 53.0 Å². The van der Waals surface area contributed by atoms with E-state index in [4.69, 9.17) is 12.2 Å². The fraction of sp³-hybridized carbons (Fsp3) is 0.278. The van der Waals surface area contributed by atoms with Gasteiger partial charge in [0.15, 0.2) is 16.8 Å². The number of aromatic nitrogens is 2. The van der Waals surface area contributed by atoms with E-state index in [1.807, 2.05) is 55.9 Å². The van der Waals surface area contributed by atoms with Crippen molar-refractivity contribution in [1.82, 2.24) is 14.9 Å². The molecule has 0 saturated carbocycles. The lowest BCUT2D eigenvalue weighted by Gasteiger charge is -2.33. The van der Waals surface area contributed by atoms with Gasteiger partial charge in [-0.25, -0.2) is 4.98 Å². The maximum absolute atomic E-state index is 12.5. The van der Waals surface area contributed by atoms with Crippen molar-refractivity contribution < 1.29 is 4.79 Å². The van der Waals surface area contributed by atoms with Crippen molar-refractivity contribution >= 4 is 40.6 Å². The third-order valence-electron chi connectivity index (χ3n) is 4.30. The van der Waals surface area contributed by atoms with E-state index >= 15 is 0 Å². The van der Waals surface area contributed by atoms with E-state index in [1.54, 1.807) is 0 Å². The topological polar surface area (TPSA) is 52.2 Å². The summed E-state index contributed by atoms with van der Waals surface area (Å²) in [6.45, 7) is 8.00. The number of aromatic amines is 1. The largest absolute Gasteiger partial charge is 0.329 e. The molecule has 1 aliphatic heterocycles. The van der Waals surface area contributed by atoms with Gasteiger partial charge in [-0.15, -0.1) is 0 Å². The number of hydrogen-bond acceptors (Lipinski definition) is 5. The van der Waals surface area contributed by atoms with Crippen LogP contribution in [0.15, 0.2) is 35.8 Å². The molecule has 0 bridgehead atoms. The standard InChI is InChI=1S/C18H20N4OS2/c1-10-6-7-13(11(2)8-10)14(23)9-25-18-19-15-16(20-18)21(4)12(3)22(5)17(15)24/h6-8H,3,9H2,1-2,4-5H3,(H,19,20). The zero-order valence-corrected chi connectivity index (χ0v) is 16.3. The van der Waals surface area contributed by atoms with Gasteiger partial charge in [0.2, 0.25) is 0 Å². The van der Waals surface area contributed by atoms with E-state index in [9.17, 15) is 4.79 Å². The molecule has 7 heteroatoms. The second kappa shape index (κ2) is 6.65. The molecule has 2 heterocycles. The van der Waals surface area contributed by atoms with Crippen LogP contribution in [0.4, 0.5) is 5.82 Å². The number of fused-ring (bicyclic) bond motifs is 1. The molecule has 2 aromatic rings. The number of thiocarbonyl (C=S) groups is 1. The average molecular weight is 373 g/mol. The lowest BCUT2D eigenvalue weighted by atomic mass is 10.0. The monoisotopic (exact) mass is 372 g/mol. The Morgan fingerprint density at radius 3 is 2.72 bits per heavy atom.